The van der Waals surface area contributed by atoms with Crippen molar-refractivity contribution < 1.29 is 5.11 Å². The highest BCUT2D eigenvalue weighted by Gasteiger charge is 2.23. The van der Waals surface area contributed by atoms with Gasteiger partial charge in [0, 0.05) is 37.2 Å². The van der Waals surface area contributed by atoms with Gasteiger partial charge >= 0.3 is 0 Å². The van der Waals surface area contributed by atoms with Gasteiger partial charge in [0.05, 0.1) is 6.20 Å². The zero-order valence-electron chi connectivity index (χ0n) is 10.2. The van der Waals surface area contributed by atoms with Gasteiger partial charge in [-0.05, 0) is 18.8 Å². The molecule has 1 aromatic rings. The number of aliphatic hydroxyl groups is 1. The topological polar surface area (TPSA) is 50.1 Å². The van der Waals surface area contributed by atoms with Crippen LogP contribution in [-0.4, -0.2) is 27.5 Å². The quantitative estimate of drug-likeness (QED) is 0.815. The first-order chi connectivity index (χ1) is 8.33. The summed E-state index contributed by atoms with van der Waals surface area (Å²) in [5.41, 5.74) is 1.16. The fourth-order valence-electron chi connectivity index (χ4n) is 2.51. The summed E-state index contributed by atoms with van der Waals surface area (Å²) in [6, 6.07) is 0.445. The third-order valence-electron chi connectivity index (χ3n) is 3.55. The van der Waals surface area contributed by atoms with Gasteiger partial charge in [0.2, 0.25) is 0 Å². The lowest BCUT2D eigenvalue weighted by molar-refractivity contribution is 0.152. The van der Waals surface area contributed by atoms with Crippen LogP contribution in [0.4, 0.5) is 0 Å². The molecule has 1 aromatic heterocycles. The Morgan fingerprint density at radius 3 is 3.06 bits per heavy atom. The maximum absolute atomic E-state index is 9.33. The second-order valence-corrected chi connectivity index (χ2v) is 4.73. The maximum Gasteiger partial charge on any atom is 0.0538 e. The summed E-state index contributed by atoms with van der Waals surface area (Å²) < 4.78 is 1.71. The molecule has 1 fully saturated rings. The molecule has 0 saturated heterocycles. The van der Waals surface area contributed by atoms with E-state index in [1.54, 1.807) is 10.9 Å². The fourth-order valence-corrected chi connectivity index (χ4v) is 2.51. The van der Waals surface area contributed by atoms with Crippen LogP contribution in [0.5, 0.6) is 0 Å². The molecule has 1 saturated carbocycles. The molecular formula is C13H21N3O. The lowest BCUT2D eigenvalue weighted by Gasteiger charge is -2.30. The Kier molecular flexibility index (Phi) is 4.34. The van der Waals surface area contributed by atoms with Crippen LogP contribution in [0.15, 0.2) is 19.0 Å². The van der Waals surface area contributed by atoms with E-state index in [4.69, 9.17) is 0 Å². The number of hydrogen-bond acceptors (Lipinski definition) is 3. The normalized spacial score (nSPS) is 24.8. The van der Waals surface area contributed by atoms with E-state index < -0.39 is 0 Å². The van der Waals surface area contributed by atoms with Crippen molar-refractivity contribution in [3.8, 4) is 0 Å². The summed E-state index contributed by atoms with van der Waals surface area (Å²) in [5, 5.41) is 17.0. The molecule has 1 aliphatic rings. The number of rotatable bonds is 5. The van der Waals surface area contributed by atoms with Gasteiger partial charge < -0.3 is 10.4 Å². The van der Waals surface area contributed by atoms with Crippen molar-refractivity contribution in [3.05, 3.63) is 24.5 Å². The monoisotopic (exact) mass is 235 g/mol. The van der Waals surface area contributed by atoms with E-state index in [0.717, 1.165) is 18.5 Å². The van der Waals surface area contributed by atoms with Gasteiger partial charge in [-0.25, -0.2) is 4.68 Å². The minimum absolute atomic E-state index is 0.295. The average molecular weight is 235 g/mol. The van der Waals surface area contributed by atoms with Gasteiger partial charge in [0.1, 0.15) is 0 Å². The molecule has 0 aromatic carbocycles. The summed E-state index contributed by atoms with van der Waals surface area (Å²) in [7, 11) is 0. The molecule has 1 heterocycles. The van der Waals surface area contributed by atoms with Crippen LogP contribution in [0, 0.1) is 5.92 Å². The van der Waals surface area contributed by atoms with Gasteiger partial charge in [-0.1, -0.05) is 19.4 Å². The van der Waals surface area contributed by atoms with Gasteiger partial charge in [-0.2, -0.15) is 5.10 Å². The van der Waals surface area contributed by atoms with E-state index >= 15 is 0 Å². The van der Waals surface area contributed by atoms with E-state index in [-0.39, 0.29) is 0 Å². The molecular weight excluding hydrogens is 214 g/mol. The summed E-state index contributed by atoms with van der Waals surface area (Å²) in [4.78, 5) is 0. The van der Waals surface area contributed by atoms with E-state index in [1.165, 1.54) is 19.3 Å². The number of hydrogen-bond donors (Lipinski definition) is 2. The molecule has 0 bridgehead atoms. The standard InChI is InChI=1S/C13H21N3O/c1-2-16-9-11(8-15-16)7-14-13-6-4-3-5-12(13)10-17/h2,8-9,12-14,17H,1,3-7,10H2. The summed E-state index contributed by atoms with van der Waals surface area (Å²) in [5.74, 6) is 0.415. The van der Waals surface area contributed by atoms with E-state index in [2.05, 4.69) is 17.0 Å². The van der Waals surface area contributed by atoms with Crippen molar-refractivity contribution in [2.24, 2.45) is 5.92 Å². The molecule has 4 heteroatoms. The Hall–Kier alpha value is -1.13. The first-order valence-electron chi connectivity index (χ1n) is 6.33. The Bertz CT molecular complexity index is 361. The van der Waals surface area contributed by atoms with Crippen molar-refractivity contribution >= 4 is 6.20 Å². The molecule has 0 spiro atoms. The highest BCUT2D eigenvalue weighted by Crippen LogP contribution is 2.24. The largest absolute Gasteiger partial charge is 0.396 e. The summed E-state index contributed by atoms with van der Waals surface area (Å²) in [6.45, 7) is 4.78. The molecule has 2 N–H and O–H groups in total. The van der Waals surface area contributed by atoms with Crippen LogP contribution in [0.3, 0.4) is 0 Å². The lowest BCUT2D eigenvalue weighted by atomic mass is 9.85. The number of aromatic nitrogens is 2. The molecule has 2 unspecified atom stereocenters. The van der Waals surface area contributed by atoms with Crippen LogP contribution >= 0.6 is 0 Å². The minimum Gasteiger partial charge on any atom is -0.396 e. The Morgan fingerprint density at radius 2 is 2.35 bits per heavy atom. The summed E-state index contributed by atoms with van der Waals surface area (Å²) >= 11 is 0. The van der Waals surface area contributed by atoms with Gasteiger partial charge in [-0.3, -0.25) is 0 Å². The van der Waals surface area contributed by atoms with Gasteiger partial charge in [0.15, 0.2) is 0 Å². The number of nitrogens with zero attached hydrogens (tertiary/aromatic N) is 2. The lowest BCUT2D eigenvalue weighted by Crippen LogP contribution is -2.39. The smallest absolute Gasteiger partial charge is 0.0538 e. The highest BCUT2D eigenvalue weighted by atomic mass is 16.3. The van der Waals surface area contributed by atoms with Crippen molar-refractivity contribution in [1.29, 1.82) is 0 Å². The Morgan fingerprint density at radius 1 is 1.53 bits per heavy atom. The molecule has 17 heavy (non-hydrogen) atoms. The molecule has 94 valence electrons. The fraction of sp³-hybridized carbons (Fsp3) is 0.615. The first-order valence-corrected chi connectivity index (χ1v) is 6.33. The van der Waals surface area contributed by atoms with Crippen molar-refractivity contribution in [2.75, 3.05) is 6.61 Å². The maximum atomic E-state index is 9.33. The third-order valence-corrected chi connectivity index (χ3v) is 3.55. The van der Waals surface area contributed by atoms with E-state index in [9.17, 15) is 5.11 Å². The minimum atomic E-state index is 0.295. The molecule has 0 radical (unpaired) electrons. The number of aliphatic hydroxyl groups excluding tert-OH is 1. The second-order valence-electron chi connectivity index (χ2n) is 4.73. The second kappa shape index (κ2) is 5.98. The molecule has 2 atom stereocenters. The Balaban J connectivity index is 1.85. The molecule has 0 amide bonds. The Labute approximate surface area is 102 Å². The molecule has 2 rings (SSSR count). The van der Waals surface area contributed by atoms with Gasteiger partial charge in [-0.15, -0.1) is 0 Å². The van der Waals surface area contributed by atoms with Gasteiger partial charge in [0.25, 0.3) is 0 Å². The van der Waals surface area contributed by atoms with E-state index in [1.807, 2.05) is 12.4 Å². The molecule has 0 aliphatic heterocycles. The van der Waals surface area contributed by atoms with Crippen LogP contribution in [0.25, 0.3) is 6.20 Å². The third kappa shape index (κ3) is 3.17. The predicted molar refractivity (Wildman–Crippen MR) is 68.3 cm³/mol. The molecule has 4 nitrogen and oxygen atoms in total. The molecule has 1 aliphatic carbocycles. The van der Waals surface area contributed by atoms with Crippen LogP contribution in [0.2, 0.25) is 0 Å². The SMILES string of the molecule is C=Cn1cc(CNC2CCCCC2CO)cn1. The van der Waals surface area contributed by atoms with Crippen molar-refractivity contribution in [3.63, 3.8) is 0 Å². The van der Waals surface area contributed by atoms with Crippen LogP contribution in [0.1, 0.15) is 31.2 Å². The van der Waals surface area contributed by atoms with Crippen LogP contribution < -0.4 is 5.32 Å². The zero-order valence-corrected chi connectivity index (χ0v) is 10.2. The predicted octanol–water partition coefficient (Wildman–Crippen LogP) is 1.62. The highest BCUT2D eigenvalue weighted by molar-refractivity contribution is 5.17. The first kappa shape index (κ1) is 12.3. The zero-order chi connectivity index (χ0) is 12.1. The van der Waals surface area contributed by atoms with E-state index in [0.29, 0.717) is 18.6 Å². The average Bonchev–Trinajstić information content (AvgIpc) is 2.84. The summed E-state index contributed by atoms with van der Waals surface area (Å²) in [6.07, 6.45) is 10.3. The van der Waals surface area contributed by atoms with Crippen molar-refractivity contribution in [1.82, 2.24) is 15.1 Å². The number of nitrogens with one attached hydrogen (secondary N) is 1. The van der Waals surface area contributed by atoms with Crippen LogP contribution in [-0.2, 0) is 6.54 Å². The van der Waals surface area contributed by atoms with Crippen molar-refractivity contribution in [2.45, 2.75) is 38.3 Å².